The normalized spacial score (nSPS) is 16.7. The first-order valence-electron chi connectivity index (χ1n) is 13.9. The highest BCUT2D eigenvalue weighted by atomic mass is 35.5. The van der Waals surface area contributed by atoms with E-state index in [1.165, 1.54) is 4.31 Å². The van der Waals surface area contributed by atoms with Crippen LogP contribution in [0.5, 0.6) is 0 Å². The molecule has 1 aliphatic rings. The van der Waals surface area contributed by atoms with Crippen LogP contribution in [-0.4, -0.2) is 56.0 Å². The number of sulfonamides is 1. The number of rotatable bonds is 12. The van der Waals surface area contributed by atoms with E-state index in [2.05, 4.69) is 0 Å². The Kier molecular flexibility index (Phi) is 10.2. The standard InChI is InChI=1S/C31H42ClN4O3S/c1-7-18-35(8-2)40(38,39)26-15-12-24(13-16-26)30(22(5)20-37)36(6,9-3)31(34)28(29(33)23-10-11-23)27-17-14-25(32)19-21(27)4/h12-17,19-20,23,34H,7-11,18,33H2,1-6H3/q+1. The quantitative estimate of drug-likeness (QED) is 0.101. The van der Waals surface area contributed by atoms with Crippen molar-refractivity contribution >= 4 is 45.0 Å². The Morgan fingerprint density at radius 2 is 1.77 bits per heavy atom. The van der Waals surface area contributed by atoms with Gasteiger partial charge in [-0.15, -0.1) is 0 Å². The number of nitrogens with two attached hydrogens (primary N) is 1. The largest absolute Gasteiger partial charge is 0.401 e. The zero-order valence-corrected chi connectivity index (χ0v) is 26.0. The van der Waals surface area contributed by atoms with Crippen molar-refractivity contribution in [3.8, 4) is 0 Å². The van der Waals surface area contributed by atoms with E-state index in [1.807, 2.05) is 46.9 Å². The Labute approximate surface area is 244 Å². The number of halogens is 1. The molecule has 1 aliphatic carbocycles. The number of hydrogen-bond acceptors (Lipinski definition) is 5. The van der Waals surface area contributed by atoms with E-state index in [1.54, 1.807) is 37.3 Å². The van der Waals surface area contributed by atoms with Crippen molar-refractivity contribution in [1.82, 2.24) is 4.31 Å². The van der Waals surface area contributed by atoms with Crippen LogP contribution in [0.3, 0.4) is 0 Å². The van der Waals surface area contributed by atoms with E-state index >= 15 is 0 Å². The molecule has 3 rings (SSSR count). The molecule has 0 amide bonds. The zero-order valence-electron chi connectivity index (χ0n) is 24.4. The molecule has 0 radical (unpaired) electrons. The summed E-state index contributed by atoms with van der Waals surface area (Å²) in [6, 6.07) is 12.2. The highest BCUT2D eigenvalue weighted by Crippen LogP contribution is 2.41. The lowest BCUT2D eigenvalue weighted by molar-refractivity contribution is -0.741. The second-order valence-electron chi connectivity index (χ2n) is 10.6. The number of quaternary nitrogens is 1. The highest BCUT2D eigenvalue weighted by molar-refractivity contribution is 7.89. The average molecular weight is 586 g/mol. The maximum atomic E-state index is 13.2. The van der Waals surface area contributed by atoms with E-state index in [0.717, 1.165) is 36.7 Å². The summed E-state index contributed by atoms with van der Waals surface area (Å²) in [4.78, 5) is 12.4. The summed E-state index contributed by atoms with van der Waals surface area (Å²) in [6.07, 6.45) is 3.46. The van der Waals surface area contributed by atoms with Gasteiger partial charge >= 0.3 is 0 Å². The summed E-state index contributed by atoms with van der Waals surface area (Å²) in [5.74, 6) is 0.481. The predicted molar refractivity (Wildman–Crippen MR) is 164 cm³/mol. The van der Waals surface area contributed by atoms with Gasteiger partial charge in [0.15, 0.2) is 12.0 Å². The van der Waals surface area contributed by atoms with Crippen LogP contribution in [0.4, 0.5) is 0 Å². The molecule has 216 valence electrons. The van der Waals surface area contributed by atoms with E-state index < -0.39 is 10.0 Å². The Bertz CT molecular complexity index is 1440. The van der Waals surface area contributed by atoms with Gasteiger partial charge in [-0.05, 0) is 93.5 Å². The van der Waals surface area contributed by atoms with Crippen LogP contribution in [0.15, 0.2) is 58.6 Å². The van der Waals surface area contributed by atoms with Crippen molar-refractivity contribution in [2.24, 2.45) is 11.7 Å². The molecule has 0 spiro atoms. The van der Waals surface area contributed by atoms with Crippen LogP contribution in [-0.2, 0) is 14.8 Å². The van der Waals surface area contributed by atoms with Gasteiger partial charge in [0.25, 0.3) is 0 Å². The first-order chi connectivity index (χ1) is 18.9. The molecule has 0 saturated heterocycles. The van der Waals surface area contributed by atoms with Crippen LogP contribution in [0, 0.1) is 18.3 Å². The third-order valence-electron chi connectivity index (χ3n) is 7.76. The maximum Gasteiger partial charge on any atom is 0.243 e. The lowest BCUT2D eigenvalue weighted by Gasteiger charge is -2.37. The summed E-state index contributed by atoms with van der Waals surface area (Å²) in [6.45, 7) is 10.7. The number of likely N-dealkylation sites (N-methyl/N-ethyl adjacent to an activating group) is 1. The number of nitrogens with one attached hydrogen (secondary N) is 1. The monoisotopic (exact) mass is 585 g/mol. The lowest BCUT2D eigenvalue weighted by Crippen LogP contribution is -2.48. The van der Waals surface area contributed by atoms with Crippen LogP contribution >= 0.6 is 11.6 Å². The fourth-order valence-corrected chi connectivity index (χ4v) is 6.96. The molecule has 0 aliphatic heterocycles. The molecule has 0 heterocycles. The molecular weight excluding hydrogens is 544 g/mol. The number of aldehydes is 1. The topological polar surface area (TPSA) is 104 Å². The Balaban J connectivity index is 2.18. The molecule has 0 aromatic heterocycles. The minimum atomic E-state index is -3.64. The summed E-state index contributed by atoms with van der Waals surface area (Å²) in [7, 11) is -1.74. The van der Waals surface area contributed by atoms with Gasteiger partial charge in [0, 0.05) is 29.4 Å². The number of amidine groups is 1. The summed E-state index contributed by atoms with van der Waals surface area (Å²) in [5.41, 5.74) is 11.6. The van der Waals surface area contributed by atoms with Gasteiger partial charge < -0.3 is 5.73 Å². The molecule has 2 aromatic rings. The van der Waals surface area contributed by atoms with Gasteiger partial charge in [0.05, 0.1) is 29.6 Å². The van der Waals surface area contributed by atoms with Crippen LogP contribution in [0.1, 0.15) is 63.6 Å². The number of nitrogens with zero attached hydrogens (tertiary/aromatic N) is 2. The van der Waals surface area contributed by atoms with Crippen LogP contribution in [0.25, 0.3) is 11.3 Å². The van der Waals surface area contributed by atoms with E-state index in [0.29, 0.717) is 52.8 Å². The van der Waals surface area contributed by atoms with Gasteiger partial charge in [0.1, 0.15) is 0 Å². The molecular formula is C31H42ClN4O3S+. The molecule has 0 bridgehead atoms. The first kappa shape index (κ1) is 31.7. The van der Waals surface area contributed by atoms with Gasteiger partial charge in [-0.3, -0.25) is 4.79 Å². The van der Waals surface area contributed by atoms with Crippen molar-refractivity contribution in [3.05, 3.63) is 75.4 Å². The average Bonchev–Trinajstić information content (AvgIpc) is 3.78. The smallest absolute Gasteiger partial charge is 0.243 e. The number of carbonyl (C=O) groups excluding carboxylic acids is 1. The van der Waals surface area contributed by atoms with Crippen molar-refractivity contribution in [2.45, 2.75) is 58.8 Å². The number of allylic oxidation sites excluding steroid dienone is 2. The third kappa shape index (κ3) is 6.25. The fourth-order valence-electron chi connectivity index (χ4n) is 5.19. The second-order valence-corrected chi connectivity index (χ2v) is 13.0. The molecule has 2 aromatic carbocycles. The molecule has 40 heavy (non-hydrogen) atoms. The van der Waals surface area contributed by atoms with Crippen LogP contribution in [0.2, 0.25) is 5.02 Å². The van der Waals surface area contributed by atoms with Crippen molar-refractivity contribution in [2.75, 3.05) is 26.7 Å². The van der Waals surface area contributed by atoms with Gasteiger partial charge in [-0.2, -0.15) is 4.31 Å². The maximum absolute atomic E-state index is 13.2. The number of carbonyl (C=O) groups is 1. The van der Waals surface area contributed by atoms with Crippen molar-refractivity contribution in [3.63, 3.8) is 0 Å². The van der Waals surface area contributed by atoms with Gasteiger partial charge in [-0.1, -0.05) is 31.5 Å². The number of hydrogen-bond donors (Lipinski definition) is 2. The zero-order chi connectivity index (χ0) is 29.8. The number of aryl methyl sites for hydroxylation is 1. The molecule has 1 saturated carbocycles. The first-order valence-corrected chi connectivity index (χ1v) is 15.7. The summed E-state index contributed by atoms with van der Waals surface area (Å²) >= 11 is 6.26. The molecule has 1 fully saturated rings. The van der Waals surface area contributed by atoms with Crippen molar-refractivity contribution < 1.29 is 17.7 Å². The molecule has 1 atom stereocenters. The van der Waals surface area contributed by atoms with E-state index in [4.69, 9.17) is 17.3 Å². The molecule has 7 nitrogen and oxygen atoms in total. The van der Waals surface area contributed by atoms with Gasteiger partial charge in [0.2, 0.25) is 15.9 Å². The van der Waals surface area contributed by atoms with Crippen LogP contribution < -0.4 is 5.73 Å². The minimum Gasteiger partial charge on any atom is -0.401 e. The van der Waals surface area contributed by atoms with E-state index in [9.17, 15) is 18.6 Å². The van der Waals surface area contributed by atoms with E-state index in [-0.39, 0.29) is 21.1 Å². The Morgan fingerprint density at radius 1 is 1.15 bits per heavy atom. The molecule has 3 N–H and O–H groups in total. The SMILES string of the molecule is CCCN(CC)S(=O)(=O)c1ccc(C(=C(C)C=O)[N+](C)(CC)C(=N)C(=C(N)C2CC2)c2ccc(Cl)cc2C)cc1. The predicted octanol–water partition coefficient (Wildman–Crippen LogP) is 6.22. The lowest BCUT2D eigenvalue weighted by atomic mass is 9.93. The summed E-state index contributed by atoms with van der Waals surface area (Å²) in [5, 5.41) is 10.2. The summed E-state index contributed by atoms with van der Waals surface area (Å²) < 4.78 is 27.9. The number of benzene rings is 2. The Morgan fingerprint density at radius 3 is 2.25 bits per heavy atom. The highest BCUT2D eigenvalue weighted by Gasteiger charge is 2.40. The van der Waals surface area contributed by atoms with Crippen molar-refractivity contribution in [1.29, 1.82) is 5.41 Å². The fraction of sp³-hybridized carbons (Fsp3) is 0.419. The van der Waals surface area contributed by atoms with Gasteiger partial charge in [-0.25, -0.2) is 18.3 Å². The molecule has 9 heteroatoms. The minimum absolute atomic E-state index is 0.00158. The third-order valence-corrected chi connectivity index (χ3v) is 9.99. The molecule has 1 unspecified atom stereocenters. The second kappa shape index (κ2) is 12.8. The Hall–Kier alpha value is -2.78.